The first-order valence-corrected chi connectivity index (χ1v) is 18.4. The van der Waals surface area contributed by atoms with E-state index in [-0.39, 0.29) is 40.9 Å². The molecule has 9 N–H and O–H groups in total. The van der Waals surface area contributed by atoms with Gasteiger partial charge in [-0.25, -0.2) is 0 Å². The molecule has 5 saturated heterocycles. The molecule has 9 aliphatic rings. The molecular weight excluding hydrogens is 599 g/mol. The predicted octanol–water partition coefficient (Wildman–Crippen LogP) is 1.91. The fraction of sp³-hybridized carbons (Fsp3) is 0.970. The van der Waals surface area contributed by atoms with Crippen LogP contribution in [0.25, 0.3) is 0 Å². The second-order valence-corrected chi connectivity index (χ2v) is 16.2. The van der Waals surface area contributed by atoms with Crippen molar-refractivity contribution in [1.29, 1.82) is 0 Å². The number of rotatable bonds is 1. The quantitative estimate of drug-likeness (QED) is 0.193. The Kier molecular flexibility index (Phi) is 8.85. The molecule has 17 atom stereocenters. The first-order valence-electron chi connectivity index (χ1n) is 18.4. The SMILES string of the molecule is O=C(O)C1CCC2C3NC4NC(NC5NC(NC6NC(NC(N3)C2C1)C1CCCCC61)C1CCCCC51)C1CCCCC41.[Ni]. The largest absolute Gasteiger partial charge is 0.481 e. The van der Waals surface area contributed by atoms with Crippen LogP contribution < -0.4 is 42.5 Å². The van der Waals surface area contributed by atoms with Crippen LogP contribution in [0.5, 0.6) is 0 Å². The molecule has 11 heteroatoms. The first kappa shape index (κ1) is 30.9. The molecule has 0 aromatic rings. The van der Waals surface area contributed by atoms with Crippen LogP contribution in [0.4, 0.5) is 0 Å². The third-order valence-corrected chi connectivity index (χ3v) is 14.2. The molecule has 0 aromatic heterocycles. The molecule has 5 aliphatic heterocycles. The number of nitrogens with one attached hydrogen (secondary N) is 8. The molecule has 0 amide bonds. The van der Waals surface area contributed by atoms with Crippen molar-refractivity contribution < 1.29 is 26.4 Å². The third-order valence-electron chi connectivity index (χ3n) is 14.2. The molecule has 0 radical (unpaired) electrons. The summed E-state index contributed by atoms with van der Waals surface area (Å²) in [5.74, 6) is 3.89. The Morgan fingerprint density at radius 2 is 0.636 bits per heavy atom. The number of carbonyl (C=O) groups is 1. The van der Waals surface area contributed by atoms with Crippen LogP contribution in [0.1, 0.15) is 96.3 Å². The van der Waals surface area contributed by atoms with Gasteiger partial charge in [0.05, 0.1) is 55.2 Å². The normalized spacial score (nSPS) is 54.8. The molecule has 250 valence electrons. The van der Waals surface area contributed by atoms with Crippen LogP contribution in [-0.2, 0) is 21.3 Å². The minimum absolute atomic E-state index is 0. The Balaban J connectivity index is 0.00000289. The molecule has 10 nitrogen and oxygen atoms in total. The summed E-state index contributed by atoms with van der Waals surface area (Å²) in [4.78, 5) is 12.2. The van der Waals surface area contributed by atoms with Gasteiger partial charge in [-0.05, 0) is 105 Å². The summed E-state index contributed by atoms with van der Waals surface area (Å²) < 4.78 is 0. The molecule has 0 spiro atoms. The van der Waals surface area contributed by atoms with E-state index in [1.165, 1.54) is 77.0 Å². The van der Waals surface area contributed by atoms with Crippen molar-refractivity contribution in [3.05, 3.63) is 0 Å². The molecule has 9 rings (SSSR count). The fourth-order valence-electron chi connectivity index (χ4n) is 12.2. The van der Waals surface area contributed by atoms with E-state index in [2.05, 4.69) is 42.5 Å². The summed E-state index contributed by atoms with van der Waals surface area (Å²) in [5, 5.41) is 43.1. The number of fused-ring (bicyclic) bond motifs is 20. The second kappa shape index (κ2) is 12.6. The average Bonchev–Trinajstić information content (AvgIpc) is 3.76. The Labute approximate surface area is 273 Å². The van der Waals surface area contributed by atoms with E-state index in [9.17, 15) is 9.90 Å². The van der Waals surface area contributed by atoms with Crippen LogP contribution in [-0.4, -0.2) is 60.4 Å². The van der Waals surface area contributed by atoms with Crippen molar-refractivity contribution >= 4 is 5.97 Å². The zero-order valence-electron chi connectivity index (χ0n) is 26.1. The van der Waals surface area contributed by atoms with E-state index in [0.717, 1.165) is 19.3 Å². The van der Waals surface area contributed by atoms with Crippen LogP contribution in [0.2, 0.25) is 0 Å². The van der Waals surface area contributed by atoms with Crippen molar-refractivity contribution in [2.24, 2.45) is 53.3 Å². The molecule has 5 heterocycles. The van der Waals surface area contributed by atoms with Gasteiger partial charge < -0.3 is 5.11 Å². The maximum absolute atomic E-state index is 12.2. The van der Waals surface area contributed by atoms with Gasteiger partial charge in [0.2, 0.25) is 0 Å². The number of carboxylic acid groups (broad SMARTS) is 1. The minimum Gasteiger partial charge on any atom is -0.481 e. The molecule has 4 saturated carbocycles. The van der Waals surface area contributed by atoms with Crippen molar-refractivity contribution in [2.45, 2.75) is 146 Å². The van der Waals surface area contributed by atoms with Gasteiger partial charge >= 0.3 is 5.97 Å². The standard InChI is InChI=1S/C33H56N8O2.Ni/c42-33(43)16-13-14-23-24(15-16)32-40-30-22-12-6-5-11-21(22)28(38-30)36-26-18-8-2-1-7-17(18)25(34-26)35-27-19-9-3-4-10-20(19)29(37-27)39-31(23)41-32;/h16-32,34-41H,1-15H2,(H,42,43);. The van der Waals surface area contributed by atoms with Gasteiger partial charge in [0.1, 0.15) is 0 Å². The maximum Gasteiger partial charge on any atom is 0.306 e. The molecule has 9 fully saturated rings. The van der Waals surface area contributed by atoms with Gasteiger partial charge in [-0.1, -0.05) is 38.5 Å². The molecule has 17 unspecified atom stereocenters. The van der Waals surface area contributed by atoms with Crippen molar-refractivity contribution in [2.75, 3.05) is 0 Å². The van der Waals surface area contributed by atoms with Crippen LogP contribution in [0, 0.1) is 53.3 Å². The maximum atomic E-state index is 12.2. The summed E-state index contributed by atoms with van der Waals surface area (Å²) in [6.45, 7) is 0. The van der Waals surface area contributed by atoms with E-state index in [1.807, 2.05) is 0 Å². The number of aliphatic carboxylic acids is 1. The monoisotopic (exact) mass is 654 g/mol. The van der Waals surface area contributed by atoms with Gasteiger partial charge in [0.15, 0.2) is 0 Å². The van der Waals surface area contributed by atoms with Crippen molar-refractivity contribution in [3.63, 3.8) is 0 Å². The molecule has 8 bridgehead atoms. The molecule has 4 aliphatic carbocycles. The van der Waals surface area contributed by atoms with Crippen LogP contribution >= 0.6 is 0 Å². The van der Waals surface area contributed by atoms with E-state index in [4.69, 9.17) is 0 Å². The molecule has 44 heavy (non-hydrogen) atoms. The van der Waals surface area contributed by atoms with Crippen molar-refractivity contribution in [3.8, 4) is 0 Å². The summed E-state index contributed by atoms with van der Waals surface area (Å²) in [6.07, 6.45) is 20.7. The zero-order chi connectivity index (χ0) is 28.7. The predicted molar refractivity (Wildman–Crippen MR) is 164 cm³/mol. The second-order valence-electron chi connectivity index (χ2n) is 16.2. The third kappa shape index (κ3) is 5.33. The number of carboxylic acids is 1. The summed E-state index contributed by atoms with van der Waals surface area (Å²) in [6, 6.07) is 0. The van der Waals surface area contributed by atoms with Crippen molar-refractivity contribution in [1.82, 2.24) is 42.5 Å². The van der Waals surface area contributed by atoms with Gasteiger partial charge in [0, 0.05) is 16.5 Å². The number of hydrogen-bond donors (Lipinski definition) is 9. The summed E-state index contributed by atoms with van der Waals surface area (Å²) in [5.41, 5.74) is 0. The van der Waals surface area contributed by atoms with Gasteiger partial charge in [0.25, 0.3) is 0 Å². The van der Waals surface area contributed by atoms with E-state index in [0.29, 0.717) is 78.2 Å². The van der Waals surface area contributed by atoms with E-state index < -0.39 is 5.97 Å². The smallest absolute Gasteiger partial charge is 0.306 e. The Morgan fingerprint density at radius 1 is 0.386 bits per heavy atom. The Hall–Kier alpha value is -0.356. The average molecular weight is 656 g/mol. The van der Waals surface area contributed by atoms with Gasteiger partial charge in [-0.2, -0.15) is 0 Å². The Bertz CT molecular complexity index is 1050. The molecule has 0 aromatic carbocycles. The van der Waals surface area contributed by atoms with E-state index in [1.54, 1.807) is 0 Å². The van der Waals surface area contributed by atoms with E-state index >= 15 is 0 Å². The van der Waals surface area contributed by atoms with Crippen LogP contribution in [0.3, 0.4) is 0 Å². The topological polar surface area (TPSA) is 134 Å². The first-order chi connectivity index (χ1) is 21.1. The Morgan fingerprint density at radius 3 is 0.909 bits per heavy atom. The minimum atomic E-state index is -0.609. The zero-order valence-corrected chi connectivity index (χ0v) is 27.1. The van der Waals surface area contributed by atoms with Crippen LogP contribution in [0.15, 0.2) is 0 Å². The van der Waals surface area contributed by atoms with Gasteiger partial charge in [-0.3, -0.25) is 47.3 Å². The molecular formula is C33H56N8NiO2. The number of hydrogen-bond acceptors (Lipinski definition) is 9. The summed E-state index contributed by atoms with van der Waals surface area (Å²) >= 11 is 0. The summed E-state index contributed by atoms with van der Waals surface area (Å²) in [7, 11) is 0. The fourth-order valence-corrected chi connectivity index (χ4v) is 12.2. The van der Waals surface area contributed by atoms with Gasteiger partial charge in [-0.15, -0.1) is 0 Å².